The Hall–Kier alpha value is -2.08. The van der Waals surface area contributed by atoms with Gasteiger partial charge in [0.2, 0.25) is 0 Å². The van der Waals surface area contributed by atoms with Gasteiger partial charge >= 0.3 is 12.0 Å². The largest absolute Gasteiger partial charge is 0.481 e. The smallest absolute Gasteiger partial charge is 0.321 e. The first-order chi connectivity index (χ1) is 10.1. The molecule has 1 aromatic carbocycles. The molecule has 2 rings (SSSR count). The minimum Gasteiger partial charge on any atom is -0.481 e. The third-order valence-electron chi connectivity index (χ3n) is 3.68. The number of nitrogens with zero attached hydrogens (tertiary/aromatic N) is 1. The van der Waals surface area contributed by atoms with Crippen molar-refractivity contribution in [3.05, 3.63) is 29.8 Å². The summed E-state index contributed by atoms with van der Waals surface area (Å²) in [5.41, 5.74) is 1.76. The van der Waals surface area contributed by atoms with Crippen molar-refractivity contribution < 1.29 is 14.7 Å². The number of carbonyl (C=O) groups is 2. The molecule has 1 heterocycles. The molecular weight excluding hydrogens is 270 g/mol. The predicted molar refractivity (Wildman–Crippen MR) is 80.2 cm³/mol. The van der Waals surface area contributed by atoms with Crippen LogP contribution < -0.4 is 10.6 Å². The maximum Gasteiger partial charge on any atom is 0.321 e. The average molecular weight is 291 g/mol. The molecule has 114 valence electrons. The first-order valence-electron chi connectivity index (χ1n) is 7.13. The molecule has 1 saturated heterocycles. The molecule has 2 amide bonds. The van der Waals surface area contributed by atoms with E-state index in [9.17, 15) is 9.59 Å². The normalized spacial score (nSPS) is 18.3. The number of para-hydroxylation sites is 1. The molecule has 1 aromatic rings. The van der Waals surface area contributed by atoms with E-state index in [-0.39, 0.29) is 12.6 Å². The number of amides is 2. The molecule has 0 spiro atoms. The second-order valence-corrected chi connectivity index (χ2v) is 5.24. The Balaban J connectivity index is 2.02. The summed E-state index contributed by atoms with van der Waals surface area (Å²) >= 11 is 0. The van der Waals surface area contributed by atoms with Crippen molar-refractivity contribution in [1.29, 1.82) is 0 Å². The summed E-state index contributed by atoms with van der Waals surface area (Å²) in [6.45, 7) is 1.54. The van der Waals surface area contributed by atoms with E-state index in [1.807, 2.05) is 31.3 Å². The summed E-state index contributed by atoms with van der Waals surface area (Å²) in [5.74, 6) is -1.29. The Labute approximate surface area is 124 Å². The van der Waals surface area contributed by atoms with E-state index < -0.39 is 11.9 Å². The van der Waals surface area contributed by atoms with Gasteiger partial charge in [-0.2, -0.15) is 0 Å². The lowest BCUT2D eigenvalue weighted by Gasteiger charge is -2.31. The Morgan fingerprint density at radius 2 is 2.14 bits per heavy atom. The van der Waals surface area contributed by atoms with Gasteiger partial charge in [0.05, 0.1) is 5.92 Å². The monoisotopic (exact) mass is 291 g/mol. The molecule has 0 saturated carbocycles. The van der Waals surface area contributed by atoms with Crippen molar-refractivity contribution in [3.8, 4) is 0 Å². The zero-order valence-electron chi connectivity index (χ0n) is 12.1. The Morgan fingerprint density at radius 1 is 1.38 bits per heavy atom. The molecule has 1 aliphatic rings. The van der Waals surface area contributed by atoms with Crippen molar-refractivity contribution in [2.75, 3.05) is 25.5 Å². The van der Waals surface area contributed by atoms with Crippen LogP contribution in [0, 0.1) is 5.92 Å². The molecule has 3 N–H and O–H groups in total. The number of piperidine rings is 1. The fourth-order valence-electron chi connectivity index (χ4n) is 2.54. The molecular formula is C15H21N3O3. The fraction of sp³-hybridized carbons (Fsp3) is 0.467. The number of nitrogens with one attached hydrogen (secondary N) is 2. The van der Waals surface area contributed by atoms with Crippen LogP contribution in [0.3, 0.4) is 0 Å². The molecule has 6 heteroatoms. The Kier molecular flexibility index (Phi) is 5.16. The van der Waals surface area contributed by atoms with Gasteiger partial charge in [-0.1, -0.05) is 18.2 Å². The third kappa shape index (κ3) is 3.95. The lowest BCUT2D eigenvalue weighted by Crippen LogP contribution is -2.44. The second kappa shape index (κ2) is 7.08. The van der Waals surface area contributed by atoms with Gasteiger partial charge < -0.3 is 20.6 Å². The number of anilines is 1. The van der Waals surface area contributed by atoms with Gasteiger partial charge in [-0.15, -0.1) is 0 Å². The van der Waals surface area contributed by atoms with Crippen LogP contribution >= 0.6 is 0 Å². The summed E-state index contributed by atoms with van der Waals surface area (Å²) in [5, 5.41) is 15.0. The minimum atomic E-state index is -0.830. The predicted octanol–water partition coefficient (Wildman–Crippen LogP) is 1.73. The van der Waals surface area contributed by atoms with Gasteiger partial charge in [0.15, 0.2) is 0 Å². The van der Waals surface area contributed by atoms with Crippen LogP contribution in [0.2, 0.25) is 0 Å². The van der Waals surface area contributed by atoms with E-state index >= 15 is 0 Å². The van der Waals surface area contributed by atoms with Crippen LogP contribution in [0.25, 0.3) is 0 Å². The molecule has 1 aliphatic heterocycles. The Bertz CT molecular complexity index is 519. The number of likely N-dealkylation sites (tertiary alicyclic amines) is 1. The molecule has 6 nitrogen and oxygen atoms in total. The second-order valence-electron chi connectivity index (χ2n) is 5.24. The first-order valence-corrected chi connectivity index (χ1v) is 7.13. The molecule has 0 aromatic heterocycles. The summed E-state index contributed by atoms with van der Waals surface area (Å²) < 4.78 is 0. The highest BCUT2D eigenvalue weighted by atomic mass is 16.4. The van der Waals surface area contributed by atoms with Crippen LogP contribution in [0.15, 0.2) is 24.3 Å². The van der Waals surface area contributed by atoms with E-state index in [1.165, 1.54) is 0 Å². The summed E-state index contributed by atoms with van der Waals surface area (Å²) in [6.07, 6.45) is 1.36. The van der Waals surface area contributed by atoms with Gasteiger partial charge in [-0.05, 0) is 31.5 Å². The number of aliphatic carboxylic acids is 1. The van der Waals surface area contributed by atoms with Crippen molar-refractivity contribution in [1.82, 2.24) is 10.2 Å². The van der Waals surface area contributed by atoms with E-state index in [0.717, 1.165) is 17.7 Å². The van der Waals surface area contributed by atoms with Gasteiger partial charge in [0.1, 0.15) is 0 Å². The lowest BCUT2D eigenvalue weighted by molar-refractivity contribution is -0.143. The molecule has 1 atom stereocenters. The number of carboxylic acid groups (broad SMARTS) is 1. The van der Waals surface area contributed by atoms with Crippen molar-refractivity contribution in [3.63, 3.8) is 0 Å². The molecule has 0 radical (unpaired) electrons. The number of urea groups is 1. The highest BCUT2D eigenvalue weighted by Crippen LogP contribution is 2.19. The quantitative estimate of drug-likeness (QED) is 0.789. The van der Waals surface area contributed by atoms with Gasteiger partial charge in [-0.25, -0.2) is 4.79 Å². The van der Waals surface area contributed by atoms with Crippen molar-refractivity contribution >= 4 is 17.7 Å². The van der Waals surface area contributed by atoms with E-state index in [4.69, 9.17) is 5.11 Å². The SMILES string of the molecule is CNCc1ccccc1NC(=O)N1CCC[C@@H](C(=O)O)C1. The van der Waals surface area contributed by atoms with E-state index in [1.54, 1.807) is 4.90 Å². The van der Waals surface area contributed by atoms with Gasteiger partial charge in [0.25, 0.3) is 0 Å². The first kappa shape index (κ1) is 15.3. The molecule has 0 aliphatic carbocycles. The van der Waals surface area contributed by atoms with Crippen LogP contribution in [0.1, 0.15) is 18.4 Å². The molecule has 0 unspecified atom stereocenters. The maximum atomic E-state index is 12.3. The van der Waals surface area contributed by atoms with Crippen LogP contribution in [-0.4, -0.2) is 42.1 Å². The van der Waals surface area contributed by atoms with E-state index in [0.29, 0.717) is 19.5 Å². The van der Waals surface area contributed by atoms with Gasteiger partial charge in [-0.3, -0.25) is 4.79 Å². The standard InChI is InChI=1S/C15H21N3O3/c1-16-9-11-5-2-3-7-13(11)17-15(21)18-8-4-6-12(10-18)14(19)20/h2-3,5,7,12,16H,4,6,8-10H2,1H3,(H,17,21)(H,19,20)/t12-/m1/s1. The van der Waals surface area contributed by atoms with Crippen LogP contribution in [-0.2, 0) is 11.3 Å². The minimum absolute atomic E-state index is 0.232. The average Bonchev–Trinajstić information content (AvgIpc) is 2.49. The lowest BCUT2D eigenvalue weighted by atomic mass is 9.99. The third-order valence-corrected chi connectivity index (χ3v) is 3.68. The number of carbonyl (C=O) groups excluding carboxylic acids is 1. The molecule has 1 fully saturated rings. The van der Waals surface area contributed by atoms with Crippen LogP contribution in [0.5, 0.6) is 0 Å². The molecule has 21 heavy (non-hydrogen) atoms. The van der Waals surface area contributed by atoms with Crippen LogP contribution in [0.4, 0.5) is 10.5 Å². The highest BCUT2D eigenvalue weighted by molar-refractivity contribution is 5.90. The zero-order valence-corrected chi connectivity index (χ0v) is 12.1. The summed E-state index contributed by atoms with van der Waals surface area (Å²) in [4.78, 5) is 24.9. The molecule has 0 bridgehead atoms. The topological polar surface area (TPSA) is 81.7 Å². The highest BCUT2D eigenvalue weighted by Gasteiger charge is 2.28. The number of carboxylic acids is 1. The number of rotatable bonds is 4. The summed E-state index contributed by atoms with van der Waals surface area (Å²) in [7, 11) is 1.85. The van der Waals surface area contributed by atoms with Crippen molar-refractivity contribution in [2.24, 2.45) is 5.92 Å². The fourth-order valence-corrected chi connectivity index (χ4v) is 2.54. The van der Waals surface area contributed by atoms with Gasteiger partial charge in [0, 0.05) is 25.3 Å². The number of hydrogen-bond donors (Lipinski definition) is 3. The van der Waals surface area contributed by atoms with Crippen molar-refractivity contribution in [2.45, 2.75) is 19.4 Å². The van der Waals surface area contributed by atoms with E-state index in [2.05, 4.69) is 10.6 Å². The number of benzene rings is 1. The summed E-state index contributed by atoms with van der Waals surface area (Å²) in [6, 6.07) is 7.35. The Morgan fingerprint density at radius 3 is 2.86 bits per heavy atom. The maximum absolute atomic E-state index is 12.3. The zero-order chi connectivity index (χ0) is 15.2. The number of hydrogen-bond acceptors (Lipinski definition) is 3.